The van der Waals surface area contributed by atoms with Gasteiger partial charge in [-0.25, -0.2) is 0 Å². The molecule has 0 aliphatic rings. The van der Waals surface area contributed by atoms with Gasteiger partial charge in [0, 0.05) is 31.0 Å². The third kappa shape index (κ3) is 4.78. The molecule has 0 bridgehead atoms. The summed E-state index contributed by atoms with van der Waals surface area (Å²) in [6.07, 6.45) is 0. The largest absolute Gasteiger partial charge is 0.496 e. The van der Waals surface area contributed by atoms with Gasteiger partial charge in [-0.05, 0) is 25.0 Å². The molecule has 0 aliphatic carbocycles. The van der Waals surface area contributed by atoms with Crippen LogP contribution in [0, 0.1) is 0 Å². The van der Waals surface area contributed by atoms with Crippen LogP contribution in [0.5, 0.6) is 17.2 Å². The molecule has 0 saturated carbocycles. The van der Waals surface area contributed by atoms with Crippen molar-refractivity contribution in [3.63, 3.8) is 0 Å². The van der Waals surface area contributed by atoms with Crippen LogP contribution in [0.1, 0.15) is 10.4 Å². The van der Waals surface area contributed by atoms with Gasteiger partial charge >= 0.3 is 0 Å². The van der Waals surface area contributed by atoms with Crippen molar-refractivity contribution in [1.82, 2.24) is 0 Å². The Morgan fingerprint density at radius 2 is 1.36 bits per heavy atom. The first-order chi connectivity index (χ1) is 13.2. The van der Waals surface area contributed by atoms with Crippen LogP contribution in [0.3, 0.4) is 0 Å². The minimum Gasteiger partial charge on any atom is -0.496 e. The maximum Gasteiger partial charge on any atom is 0.193 e. The van der Waals surface area contributed by atoms with Crippen molar-refractivity contribution in [3.8, 4) is 28.4 Å². The van der Waals surface area contributed by atoms with E-state index in [2.05, 4.69) is 0 Å². The fraction of sp³-hybridized carbons (Fsp3) is 0.136. The Balaban J connectivity index is 0.00000280. The van der Waals surface area contributed by atoms with Crippen molar-refractivity contribution in [2.45, 2.75) is 0 Å². The summed E-state index contributed by atoms with van der Waals surface area (Å²) < 4.78 is 16.1. The predicted octanol–water partition coefficient (Wildman–Crippen LogP) is 4.14. The Morgan fingerprint density at radius 1 is 0.786 bits per heavy atom. The molecule has 1 unspecified atom stereocenters. The Kier molecular flexibility index (Phi) is 8.14. The van der Waals surface area contributed by atoms with Crippen LogP contribution in [0.15, 0.2) is 66.7 Å². The van der Waals surface area contributed by atoms with E-state index in [1.807, 2.05) is 54.6 Å². The number of methoxy groups -OCH3 is 3. The Hall–Kier alpha value is -2.24. The van der Waals surface area contributed by atoms with Crippen molar-refractivity contribution in [3.05, 3.63) is 72.3 Å². The van der Waals surface area contributed by atoms with Crippen LogP contribution < -0.4 is 19.5 Å². The normalized spacial score (nSPS) is 10.4. The maximum atomic E-state index is 13.2. The van der Waals surface area contributed by atoms with Crippen molar-refractivity contribution in [1.29, 1.82) is 0 Å². The second-order valence-electron chi connectivity index (χ2n) is 5.77. The smallest absolute Gasteiger partial charge is 0.193 e. The SMILES string of the molecule is COc1cc(OC)c(C(=O)Pc2ccccc2-c2ccccc2)c(OC)c1.[Li]. The monoisotopic (exact) mass is 387 g/mol. The van der Waals surface area contributed by atoms with Crippen molar-refractivity contribution < 1.29 is 19.0 Å². The first kappa shape index (κ1) is 22.1. The van der Waals surface area contributed by atoms with Gasteiger partial charge in [0.05, 0.1) is 21.3 Å². The van der Waals surface area contributed by atoms with Gasteiger partial charge in [-0.15, -0.1) is 0 Å². The van der Waals surface area contributed by atoms with E-state index in [-0.39, 0.29) is 33.0 Å². The molecule has 3 rings (SSSR count). The zero-order chi connectivity index (χ0) is 19.2. The first-order valence-corrected chi connectivity index (χ1v) is 9.43. The molecule has 3 aromatic rings. The molecule has 1 atom stereocenters. The molecule has 3 aromatic carbocycles. The van der Waals surface area contributed by atoms with E-state index >= 15 is 0 Å². The fourth-order valence-corrected chi connectivity index (χ4v) is 4.03. The summed E-state index contributed by atoms with van der Waals surface area (Å²) in [7, 11) is 4.57. The molecule has 4 nitrogen and oxygen atoms in total. The molecule has 0 aromatic heterocycles. The van der Waals surface area contributed by atoms with Crippen molar-refractivity contribution in [2.75, 3.05) is 21.3 Å². The van der Waals surface area contributed by atoms with Gasteiger partial charge in [-0.3, -0.25) is 4.79 Å². The van der Waals surface area contributed by atoms with E-state index < -0.39 is 0 Å². The van der Waals surface area contributed by atoms with E-state index in [0.717, 1.165) is 16.4 Å². The quantitative estimate of drug-likeness (QED) is 0.452. The maximum absolute atomic E-state index is 13.2. The van der Waals surface area contributed by atoms with E-state index in [9.17, 15) is 4.79 Å². The van der Waals surface area contributed by atoms with Crippen molar-refractivity contribution >= 4 is 38.3 Å². The molecule has 0 aliphatic heterocycles. The zero-order valence-electron chi connectivity index (χ0n) is 16.5. The second kappa shape index (κ2) is 10.3. The molecule has 0 fully saturated rings. The molecule has 0 spiro atoms. The summed E-state index contributed by atoms with van der Waals surface area (Å²) in [5.74, 6) is 1.47. The molecule has 0 N–H and O–H groups in total. The van der Waals surface area contributed by atoms with Gasteiger partial charge in [0.2, 0.25) is 0 Å². The van der Waals surface area contributed by atoms with Gasteiger partial charge in [0.25, 0.3) is 0 Å². The Morgan fingerprint density at radius 3 is 1.93 bits per heavy atom. The molecule has 0 saturated heterocycles. The van der Waals surface area contributed by atoms with Crippen LogP contribution in [0.2, 0.25) is 0 Å². The standard InChI is InChI=1S/C22H21O4P.Li/c1-24-16-13-18(25-2)21(19(14-16)26-3)22(23)27-20-12-8-7-11-17(20)15-9-5-4-6-10-15;/h4-14,27H,1-3H3;. The predicted molar refractivity (Wildman–Crippen MR) is 116 cm³/mol. The number of carbonyl (C=O) groups excluding carboxylic acids is 1. The van der Waals surface area contributed by atoms with Crippen LogP contribution in [0.4, 0.5) is 0 Å². The summed E-state index contributed by atoms with van der Waals surface area (Å²) in [5, 5.41) is 0.980. The van der Waals surface area contributed by atoms with E-state index in [1.165, 1.54) is 14.2 Å². The summed E-state index contributed by atoms with van der Waals surface area (Å²) in [6.45, 7) is 0. The number of ether oxygens (including phenoxy) is 3. The van der Waals surface area contributed by atoms with Gasteiger partial charge in [0.15, 0.2) is 5.52 Å². The van der Waals surface area contributed by atoms with Crippen LogP contribution in [0.25, 0.3) is 11.1 Å². The van der Waals surface area contributed by atoms with Crippen LogP contribution >= 0.6 is 8.58 Å². The molecule has 0 amide bonds. The molecule has 1 radical (unpaired) electrons. The van der Waals surface area contributed by atoms with Gasteiger partial charge in [-0.1, -0.05) is 54.6 Å². The number of benzene rings is 3. The van der Waals surface area contributed by atoms with E-state index in [0.29, 0.717) is 22.8 Å². The first-order valence-electron chi connectivity index (χ1n) is 8.43. The third-order valence-electron chi connectivity index (χ3n) is 4.20. The third-order valence-corrected chi connectivity index (χ3v) is 5.38. The number of rotatable bonds is 7. The molecular weight excluding hydrogens is 366 g/mol. The fourth-order valence-electron chi connectivity index (χ4n) is 2.88. The average Bonchev–Trinajstić information content (AvgIpc) is 2.73. The molecular formula is C22H21LiO4P. The van der Waals surface area contributed by atoms with Crippen molar-refractivity contribution in [2.24, 2.45) is 0 Å². The van der Waals surface area contributed by atoms with E-state index in [1.54, 1.807) is 19.2 Å². The average molecular weight is 387 g/mol. The minimum atomic E-state index is -0.0634. The molecule has 0 heterocycles. The second-order valence-corrected chi connectivity index (χ2v) is 7.02. The van der Waals surface area contributed by atoms with Crippen LogP contribution in [-0.2, 0) is 0 Å². The Labute approximate surface area is 179 Å². The number of carbonyl (C=O) groups is 1. The summed E-state index contributed by atoms with van der Waals surface area (Å²) in [5.41, 5.74) is 2.52. The van der Waals surface area contributed by atoms with Crippen LogP contribution in [-0.4, -0.2) is 45.7 Å². The molecule has 139 valence electrons. The molecule has 6 heteroatoms. The zero-order valence-corrected chi connectivity index (χ0v) is 17.5. The van der Waals surface area contributed by atoms with Gasteiger partial charge in [-0.2, -0.15) is 0 Å². The summed E-state index contributed by atoms with van der Waals surface area (Å²) in [6, 6.07) is 21.4. The topological polar surface area (TPSA) is 44.8 Å². The number of hydrogen-bond acceptors (Lipinski definition) is 4. The minimum absolute atomic E-state index is 0. The molecule has 28 heavy (non-hydrogen) atoms. The van der Waals surface area contributed by atoms with Gasteiger partial charge < -0.3 is 14.2 Å². The summed E-state index contributed by atoms with van der Waals surface area (Å²) >= 11 is 0. The Bertz CT molecular complexity index is 919. The number of hydrogen-bond donors (Lipinski definition) is 0. The summed E-state index contributed by atoms with van der Waals surface area (Å²) in [4.78, 5) is 13.2. The van der Waals surface area contributed by atoms with E-state index in [4.69, 9.17) is 14.2 Å². The van der Waals surface area contributed by atoms with Gasteiger partial charge in [0.1, 0.15) is 22.8 Å².